The van der Waals surface area contributed by atoms with E-state index in [0.717, 1.165) is 42.6 Å². The topological polar surface area (TPSA) is 79.6 Å². The molecule has 1 aromatic heterocycles. The van der Waals surface area contributed by atoms with Gasteiger partial charge in [-0.25, -0.2) is 4.79 Å². The van der Waals surface area contributed by atoms with Gasteiger partial charge < -0.3 is 15.2 Å². The molecule has 2 aromatic carbocycles. The second-order valence-electron chi connectivity index (χ2n) is 8.06. The largest absolute Gasteiger partial charge is 0.465 e. The maximum absolute atomic E-state index is 12.0. The van der Waals surface area contributed by atoms with Crippen molar-refractivity contribution in [1.82, 2.24) is 15.1 Å². The van der Waals surface area contributed by atoms with E-state index in [-0.39, 0.29) is 6.04 Å². The van der Waals surface area contributed by atoms with Gasteiger partial charge in [-0.3, -0.25) is 9.58 Å². The molecule has 1 saturated heterocycles. The highest BCUT2D eigenvalue weighted by Gasteiger charge is 2.32. The number of nitrogens with one attached hydrogen (secondary N) is 1. The number of fused-ring (bicyclic) bond motifs is 1. The van der Waals surface area contributed by atoms with Gasteiger partial charge in [-0.1, -0.05) is 17.7 Å². The second-order valence-corrected chi connectivity index (χ2v) is 8.50. The van der Waals surface area contributed by atoms with Gasteiger partial charge >= 0.3 is 6.09 Å². The predicted molar refractivity (Wildman–Crippen MR) is 119 cm³/mol. The fraction of sp³-hybridized carbons (Fsp3) is 0.304. The summed E-state index contributed by atoms with van der Waals surface area (Å²) < 4.78 is 8.34. The monoisotopic (exact) mass is 438 g/mol. The number of nitrogens with zero attached hydrogens (tertiary/aromatic N) is 3. The highest BCUT2D eigenvalue weighted by atomic mass is 35.5. The summed E-state index contributed by atoms with van der Waals surface area (Å²) in [6, 6.07) is 11.3. The zero-order chi connectivity index (χ0) is 21.5. The molecule has 2 aliphatic heterocycles. The number of anilines is 1. The summed E-state index contributed by atoms with van der Waals surface area (Å²) in [5.41, 5.74) is 3.38. The van der Waals surface area contributed by atoms with E-state index in [0.29, 0.717) is 28.3 Å². The van der Waals surface area contributed by atoms with Gasteiger partial charge in [-0.05, 0) is 50.1 Å². The number of hydrogen-bond acceptors (Lipinski definition) is 4. The van der Waals surface area contributed by atoms with Crippen molar-refractivity contribution in [2.45, 2.75) is 31.8 Å². The van der Waals surface area contributed by atoms with Crippen LogP contribution in [-0.2, 0) is 6.42 Å². The van der Waals surface area contributed by atoms with E-state index in [4.69, 9.17) is 16.3 Å². The summed E-state index contributed by atoms with van der Waals surface area (Å²) in [5.74, 6) is 1.27. The SMILES string of the molecule is C[C@H]1CCc2c(ccc(-c3cnn(C4CNC4)c3)c2Oc2cccc(Cl)c2)N1C(=O)O. The molecule has 2 N–H and O–H groups in total. The summed E-state index contributed by atoms with van der Waals surface area (Å²) in [4.78, 5) is 13.4. The number of halogens is 1. The molecule has 1 amide bonds. The summed E-state index contributed by atoms with van der Waals surface area (Å²) in [7, 11) is 0. The molecule has 3 heterocycles. The van der Waals surface area contributed by atoms with Crippen LogP contribution in [0.4, 0.5) is 10.5 Å². The van der Waals surface area contributed by atoms with E-state index in [1.54, 1.807) is 12.1 Å². The third-order valence-corrected chi connectivity index (χ3v) is 6.25. The second kappa shape index (κ2) is 7.90. The van der Waals surface area contributed by atoms with Gasteiger partial charge in [0, 0.05) is 47.0 Å². The minimum Gasteiger partial charge on any atom is -0.465 e. The number of benzene rings is 2. The first kappa shape index (κ1) is 19.9. The van der Waals surface area contributed by atoms with E-state index in [2.05, 4.69) is 10.4 Å². The minimum absolute atomic E-state index is 0.0938. The Bertz CT molecular complexity index is 1140. The zero-order valence-electron chi connectivity index (χ0n) is 17.1. The standard InChI is InChI=1S/C23H23ClN4O3/c1-14-5-6-20-21(28(14)23(29)30)8-7-19(15-10-26-27(13-15)17-11-25-12-17)22(20)31-18-4-2-3-16(24)9-18/h2-4,7-10,13-14,17,25H,5-6,11-12H2,1H3,(H,29,30)/t14-/m0/s1. The summed E-state index contributed by atoms with van der Waals surface area (Å²) in [6.07, 6.45) is 4.36. The molecular formula is C23H23ClN4O3. The maximum atomic E-state index is 12.0. The van der Waals surface area contributed by atoms with Crippen LogP contribution in [0.25, 0.3) is 11.1 Å². The van der Waals surface area contributed by atoms with Crippen molar-refractivity contribution in [3.63, 3.8) is 0 Å². The van der Waals surface area contributed by atoms with E-state index >= 15 is 0 Å². The molecule has 0 bridgehead atoms. The third-order valence-electron chi connectivity index (χ3n) is 6.02. The van der Waals surface area contributed by atoms with E-state index in [9.17, 15) is 9.90 Å². The molecule has 1 atom stereocenters. The van der Waals surface area contributed by atoms with Crippen LogP contribution in [0.5, 0.6) is 11.5 Å². The van der Waals surface area contributed by atoms with Crippen LogP contribution in [0.1, 0.15) is 24.9 Å². The number of ether oxygens (including phenoxy) is 1. The van der Waals surface area contributed by atoms with Crippen LogP contribution in [0.15, 0.2) is 48.8 Å². The van der Waals surface area contributed by atoms with Crippen LogP contribution in [0.3, 0.4) is 0 Å². The average Bonchev–Trinajstić information content (AvgIpc) is 3.15. The van der Waals surface area contributed by atoms with Gasteiger partial charge in [0.25, 0.3) is 0 Å². The van der Waals surface area contributed by atoms with Crippen LogP contribution < -0.4 is 15.0 Å². The van der Waals surface area contributed by atoms with Crippen molar-refractivity contribution >= 4 is 23.4 Å². The summed E-state index contributed by atoms with van der Waals surface area (Å²) in [5, 5.41) is 18.2. The third kappa shape index (κ3) is 3.64. The van der Waals surface area contributed by atoms with Crippen molar-refractivity contribution < 1.29 is 14.6 Å². The fourth-order valence-corrected chi connectivity index (χ4v) is 4.41. The minimum atomic E-state index is -0.958. The van der Waals surface area contributed by atoms with Crippen LogP contribution in [0.2, 0.25) is 5.02 Å². The zero-order valence-corrected chi connectivity index (χ0v) is 17.8. The van der Waals surface area contributed by atoms with Crippen molar-refractivity contribution in [3.8, 4) is 22.6 Å². The van der Waals surface area contributed by atoms with Gasteiger partial charge in [0.1, 0.15) is 11.5 Å². The van der Waals surface area contributed by atoms with Crippen molar-refractivity contribution in [1.29, 1.82) is 0 Å². The van der Waals surface area contributed by atoms with Gasteiger partial charge in [0.15, 0.2) is 0 Å². The van der Waals surface area contributed by atoms with Gasteiger partial charge in [0.05, 0.1) is 17.9 Å². The molecule has 0 aliphatic carbocycles. The molecule has 31 heavy (non-hydrogen) atoms. The summed E-state index contributed by atoms with van der Waals surface area (Å²) in [6.45, 7) is 3.74. The highest BCUT2D eigenvalue weighted by molar-refractivity contribution is 6.30. The Morgan fingerprint density at radius 1 is 1.29 bits per heavy atom. The smallest absolute Gasteiger partial charge is 0.412 e. The summed E-state index contributed by atoms with van der Waals surface area (Å²) >= 11 is 6.17. The van der Waals surface area contributed by atoms with Crippen LogP contribution in [-0.4, -0.2) is 40.1 Å². The Kier molecular flexibility index (Phi) is 5.08. The van der Waals surface area contributed by atoms with E-state index < -0.39 is 6.09 Å². The first-order valence-corrected chi connectivity index (χ1v) is 10.8. The number of carboxylic acid groups (broad SMARTS) is 1. The predicted octanol–water partition coefficient (Wildman–Crippen LogP) is 4.96. The Balaban J connectivity index is 1.63. The molecule has 0 spiro atoms. The molecule has 8 heteroatoms. The van der Waals surface area contributed by atoms with Gasteiger partial charge in [-0.15, -0.1) is 0 Å². The lowest BCUT2D eigenvalue weighted by molar-refractivity contribution is 0.198. The first-order chi connectivity index (χ1) is 15.0. The number of aromatic nitrogens is 2. The number of hydrogen-bond donors (Lipinski definition) is 2. The van der Waals surface area contributed by atoms with E-state index in [1.807, 2.05) is 48.3 Å². The fourth-order valence-electron chi connectivity index (χ4n) is 4.23. The Morgan fingerprint density at radius 3 is 2.84 bits per heavy atom. The van der Waals surface area contributed by atoms with E-state index in [1.165, 1.54) is 4.90 Å². The highest BCUT2D eigenvalue weighted by Crippen LogP contribution is 2.45. The lowest BCUT2D eigenvalue weighted by Gasteiger charge is -2.34. The van der Waals surface area contributed by atoms with Crippen molar-refractivity contribution in [3.05, 3.63) is 59.4 Å². The Morgan fingerprint density at radius 2 is 2.13 bits per heavy atom. The average molecular weight is 439 g/mol. The molecular weight excluding hydrogens is 416 g/mol. The molecule has 5 rings (SSSR count). The lowest BCUT2D eigenvalue weighted by atomic mass is 9.92. The van der Waals surface area contributed by atoms with Crippen molar-refractivity contribution in [2.75, 3.05) is 18.0 Å². The lowest BCUT2D eigenvalue weighted by Crippen LogP contribution is -2.43. The quantitative estimate of drug-likeness (QED) is 0.601. The Hall–Kier alpha value is -3.03. The van der Waals surface area contributed by atoms with Gasteiger partial charge in [-0.2, -0.15) is 5.10 Å². The molecule has 2 aliphatic rings. The molecule has 160 valence electrons. The number of rotatable bonds is 4. The Labute approximate surface area is 185 Å². The maximum Gasteiger partial charge on any atom is 0.412 e. The molecule has 7 nitrogen and oxygen atoms in total. The van der Waals surface area contributed by atoms with Crippen LogP contribution >= 0.6 is 11.6 Å². The molecule has 1 fully saturated rings. The normalized spacial score (nSPS) is 18.4. The molecule has 0 saturated carbocycles. The number of amides is 1. The molecule has 3 aromatic rings. The molecule has 0 radical (unpaired) electrons. The van der Waals surface area contributed by atoms with Gasteiger partial charge in [0.2, 0.25) is 0 Å². The first-order valence-electron chi connectivity index (χ1n) is 10.4. The van der Waals surface area contributed by atoms with Crippen molar-refractivity contribution in [2.24, 2.45) is 0 Å². The van der Waals surface area contributed by atoms with Crippen LogP contribution in [0, 0.1) is 0 Å². The number of carbonyl (C=O) groups is 1. The molecule has 0 unspecified atom stereocenters.